The standard InChI is InChI=1S/C19H23FN4O/c1-14-21-10-8-17(23-14)24-11-5-9-19(2,13-24)18(25)22-12-15-6-3-4-7-16(15)20/h3-4,6-8,10H,5,9,11-13H2,1-2H3,(H,22,25). The number of amides is 1. The highest BCUT2D eigenvalue weighted by molar-refractivity contribution is 5.83. The Hall–Kier alpha value is -2.50. The van der Waals surface area contributed by atoms with Gasteiger partial charge in [0.15, 0.2) is 0 Å². The van der Waals surface area contributed by atoms with Crippen LogP contribution in [0.4, 0.5) is 10.2 Å². The Bertz CT molecular complexity index is 767. The van der Waals surface area contributed by atoms with E-state index in [1.165, 1.54) is 6.07 Å². The zero-order chi connectivity index (χ0) is 17.9. The highest BCUT2D eigenvalue weighted by Gasteiger charge is 2.38. The highest BCUT2D eigenvalue weighted by atomic mass is 19.1. The molecule has 0 radical (unpaired) electrons. The largest absolute Gasteiger partial charge is 0.355 e. The van der Waals surface area contributed by atoms with Crippen molar-refractivity contribution in [1.29, 1.82) is 0 Å². The van der Waals surface area contributed by atoms with Crippen LogP contribution in [0.1, 0.15) is 31.2 Å². The summed E-state index contributed by atoms with van der Waals surface area (Å²) in [6, 6.07) is 8.38. The minimum atomic E-state index is -0.525. The first kappa shape index (κ1) is 17.3. The summed E-state index contributed by atoms with van der Waals surface area (Å²) in [7, 11) is 0. The summed E-state index contributed by atoms with van der Waals surface area (Å²) in [5.74, 6) is 1.22. The number of nitrogens with zero attached hydrogens (tertiary/aromatic N) is 3. The van der Waals surface area contributed by atoms with Crippen LogP contribution in [-0.4, -0.2) is 29.0 Å². The van der Waals surface area contributed by atoms with Crippen molar-refractivity contribution in [2.75, 3.05) is 18.0 Å². The average molecular weight is 342 g/mol. The molecule has 25 heavy (non-hydrogen) atoms. The molecule has 1 N–H and O–H groups in total. The van der Waals surface area contributed by atoms with Crippen LogP contribution < -0.4 is 10.2 Å². The number of halogens is 1. The fourth-order valence-electron chi connectivity index (χ4n) is 3.27. The van der Waals surface area contributed by atoms with E-state index in [-0.39, 0.29) is 18.3 Å². The zero-order valence-corrected chi connectivity index (χ0v) is 14.6. The summed E-state index contributed by atoms with van der Waals surface area (Å²) < 4.78 is 13.7. The summed E-state index contributed by atoms with van der Waals surface area (Å²) in [6.07, 6.45) is 3.45. The summed E-state index contributed by atoms with van der Waals surface area (Å²) in [4.78, 5) is 23.5. The van der Waals surface area contributed by atoms with Gasteiger partial charge in [-0.2, -0.15) is 0 Å². The van der Waals surface area contributed by atoms with Gasteiger partial charge < -0.3 is 10.2 Å². The van der Waals surface area contributed by atoms with Crippen LogP contribution in [-0.2, 0) is 11.3 Å². The molecule has 5 nitrogen and oxygen atoms in total. The topological polar surface area (TPSA) is 58.1 Å². The van der Waals surface area contributed by atoms with Gasteiger partial charge in [-0.25, -0.2) is 14.4 Å². The second-order valence-electron chi connectivity index (χ2n) is 6.82. The van der Waals surface area contributed by atoms with Gasteiger partial charge in [-0.1, -0.05) is 18.2 Å². The van der Waals surface area contributed by atoms with E-state index in [4.69, 9.17) is 0 Å². The van der Waals surface area contributed by atoms with Crippen LogP contribution in [0.3, 0.4) is 0 Å². The number of benzene rings is 1. The molecule has 3 rings (SSSR count). The van der Waals surface area contributed by atoms with Crippen molar-refractivity contribution in [3.05, 3.63) is 53.7 Å². The quantitative estimate of drug-likeness (QED) is 0.928. The molecule has 1 amide bonds. The number of rotatable bonds is 4. The van der Waals surface area contributed by atoms with E-state index in [1.54, 1.807) is 24.4 Å². The molecule has 1 aromatic carbocycles. The number of aromatic nitrogens is 2. The SMILES string of the molecule is Cc1nccc(N2CCCC(C)(C(=O)NCc3ccccc3F)C2)n1. The number of carbonyl (C=O) groups excluding carboxylic acids is 1. The van der Waals surface area contributed by atoms with Gasteiger partial charge in [0, 0.05) is 31.4 Å². The maximum absolute atomic E-state index is 13.7. The molecule has 1 aromatic heterocycles. The molecule has 0 spiro atoms. The monoisotopic (exact) mass is 342 g/mol. The van der Waals surface area contributed by atoms with E-state index in [0.29, 0.717) is 17.9 Å². The molecule has 2 aromatic rings. The Morgan fingerprint density at radius 1 is 1.36 bits per heavy atom. The van der Waals surface area contributed by atoms with Gasteiger partial charge in [-0.3, -0.25) is 4.79 Å². The molecule has 1 atom stereocenters. The Kier molecular flexibility index (Phi) is 4.97. The lowest BCUT2D eigenvalue weighted by atomic mass is 9.81. The number of carbonyl (C=O) groups is 1. The van der Waals surface area contributed by atoms with E-state index in [2.05, 4.69) is 20.2 Å². The highest BCUT2D eigenvalue weighted by Crippen LogP contribution is 2.32. The smallest absolute Gasteiger partial charge is 0.227 e. The number of hydrogen-bond acceptors (Lipinski definition) is 4. The molecule has 1 unspecified atom stereocenters. The first-order valence-electron chi connectivity index (χ1n) is 8.54. The fourth-order valence-corrected chi connectivity index (χ4v) is 3.27. The van der Waals surface area contributed by atoms with Gasteiger partial charge in [0.05, 0.1) is 5.41 Å². The van der Waals surface area contributed by atoms with Gasteiger partial charge in [0.2, 0.25) is 5.91 Å². The Balaban J connectivity index is 1.67. The molecule has 1 saturated heterocycles. The third kappa shape index (κ3) is 3.95. The number of aryl methyl sites for hydroxylation is 1. The lowest BCUT2D eigenvalue weighted by molar-refractivity contribution is -0.130. The predicted octanol–water partition coefficient (Wildman–Crippen LogP) is 2.85. The van der Waals surface area contributed by atoms with Crippen LogP contribution in [0.5, 0.6) is 0 Å². The lowest BCUT2D eigenvalue weighted by Crippen LogP contribution is -2.50. The van der Waals surface area contributed by atoms with Crippen molar-refractivity contribution in [3.63, 3.8) is 0 Å². The number of nitrogens with one attached hydrogen (secondary N) is 1. The minimum absolute atomic E-state index is 0.0498. The third-order valence-electron chi connectivity index (χ3n) is 4.73. The van der Waals surface area contributed by atoms with E-state index in [1.807, 2.05) is 19.9 Å². The normalized spacial score (nSPS) is 20.4. The van der Waals surface area contributed by atoms with E-state index >= 15 is 0 Å². The summed E-state index contributed by atoms with van der Waals surface area (Å²) in [6.45, 7) is 5.48. The second kappa shape index (κ2) is 7.17. The average Bonchev–Trinajstić information content (AvgIpc) is 2.61. The summed E-state index contributed by atoms with van der Waals surface area (Å²) in [5, 5.41) is 2.90. The first-order valence-corrected chi connectivity index (χ1v) is 8.54. The maximum atomic E-state index is 13.7. The first-order chi connectivity index (χ1) is 12.0. The number of anilines is 1. The van der Waals surface area contributed by atoms with Crippen molar-refractivity contribution < 1.29 is 9.18 Å². The maximum Gasteiger partial charge on any atom is 0.227 e. The Labute approximate surface area is 147 Å². The molecular weight excluding hydrogens is 319 g/mol. The van der Waals surface area contributed by atoms with Crippen LogP contribution in [0, 0.1) is 18.2 Å². The summed E-state index contributed by atoms with van der Waals surface area (Å²) >= 11 is 0. The molecule has 0 bridgehead atoms. The van der Waals surface area contributed by atoms with E-state index in [9.17, 15) is 9.18 Å². The van der Waals surface area contributed by atoms with Crippen molar-refractivity contribution in [1.82, 2.24) is 15.3 Å². The van der Waals surface area contributed by atoms with Gasteiger partial charge >= 0.3 is 0 Å². The molecule has 6 heteroatoms. The van der Waals surface area contributed by atoms with E-state index in [0.717, 1.165) is 25.2 Å². The van der Waals surface area contributed by atoms with Crippen molar-refractivity contribution in [2.24, 2.45) is 5.41 Å². The second-order valence-corrected chi connectivity index (χ2v) is 6.82. The van der Waals surface area contributed by atoms with Gasteiger partial charge in [0.25, 0.3) is 0 Å². The number of hydrogen-bond donors (Lipinski definition) is 1. The molecule has 1 aliphatic rings. The van der Waals surface area contributed by atoms with Crippen molar-refractivity contribution in [2.45, 2.75) is 33.2 Å². The van der Waals surface area contributed by atoms with Crippen LogP contribution in [0.25, 0.3) is 0 Å². The van der Waals surface area contributed by atoms with Gasteiger partial charge in [-0.15, -0.1) is 0 Å². The molecule has 132 valence electrons. The third-order valence-corrected chi connectivity index (χ3v) is 4.73. The number of piperidine rings is 1. The Morgan fingerprint density at radius 2 is 2.16 bits per heavy atom. The molecule has 0 aliphatic carbocycles. The molecule has 0 saturated carbocycles. The van der Waals surface area contributed by atoms with Crippen molar-refractivity contribution >= 4 is 11.7 Å². The lowest BCUT2D eigenvalue weighted by Gasteiger charge is -2.40. The zero-order valence-electron chi connectivity index (χ0n) is 14.6. The molecule has 1 fully saturated rings. The minimum Gasteiger partial charge on any atom is -0.355 e. The van der Waals surface area contributed by atoms with E-state index < -0.39 is 5.41 Å². The fraction of sp³-hybridized carbons (Fsp3) is 0.421. The van der Waals surface area contributed by atoms with Gasteiger partial charge in [0.1, 0.15) is 17.5 Å². The van der Waals surface area contributed by atoms with Crippen molar-refractivity contribution in [3.8, 4) is 0 Å². The predicted molar refractivity (Wildman–Crippen MR) is 94.6 cm³/mol. The molecular formula is C19H23FN4O. The van der Waals surface area contributed by atoms with Crippen LogP contribution >= 0.6 is 0 Å². The van der Waals surface area contributed by atoms with Crippen LogP contribution in [0.15, 0.2) is 36.5 Å². The summed E-state index contributed by atoms with van der Waals surface area (Å²) in [5.41, 5.74) is -0.0268. The van der Waals surface area contributed by atoms with Gasteiger partial charge in [-0.05, 0) is 38.8 Å². The molecule has 2 heterocycles. The van der Waals surface area contributed by atoms with Crippen LogP contribution in [0.2, 0.25) is 0 Å². The Morgan fingerprint density at radius 3 is 2.92 bits per heavy atom. The molecule has 1 aliphatic heterocycles.